The number of hydrogen-bond acceptors (Lipinski definition) is 4. The van der Waals surface area contributed by atoms with Crippen molar-refractivity contribution in [2.75, 3.05) is 17.2 Å². The number of carbonyl (C=O) groups is 1. The van der Waals surface area contributed by atoms with Crippen molar-refractivity contribution in [3.63, 3.8) is 0 Å². The summed E-state index contributed by atoms with van der Waals surface area (Å²) in [7, 11) is 0. The van der Waals surface area contributed by atoms with Crippen LogP contribution in [0.15, 0.2) is 36.7 Å². The molecule has 2 rings (SSSR count). The van der Waals surface area contributed by atoms with Crippen LogP contribution in [0.25, 0.3) is 0 Å². The van der Waals surface area contributed by atoms with Crippen LogP contribution in [0.1, 0.15) is 36.3 Å². The fourth-order valence-electron chi connectivity index (χ4n) is 1.95. The van der Waals surface area contributed by atoms with Gasteiger partial charge in [0.15, 0.2) is 0 Å². The van der Waals surface area contributed by atoms with E-state index >= 15 is 0 Å². The molecule has 5 nitrogen and oxygen atoms in total. The van der Waals surface area contributed by atoms with Crippen LogP contribution in [0, 0.1) is 0 Å². The second-order valence-electron chi connectivity index (χ2n) is 4.68. The van der Waals surface area contributed by atoms with Gasteiger partial charge >= 0.3 is 0 Å². The molecule has 0 unspecified atom stereocenters. The molecule has 1 aromatic heterocycles. The van der Waals surface area contributed by atoms with Crippen molar-refractivity contribution in [3.8, 4) is 0 Å². The van der Waals surface area contributed by atoms with Crippen LogP contribution in [0.5, 0.6) is 0 Å². The molecule has 1 aromatic carbocycles. The molecule has 0 fully saturated rings. The second-order valence-corrected chi connectivity index (χ2v) is 4.68. The molecule has 2 N–H and O–H groups in total. The largest absolute Gasteiger partial charge is 0.369 e. The van der Waals surface area contributed by atoms with Gasteiger partial charge in [0.1, 0.15) is 11.5 Å². The molecular weight excluding hydrogens is 264 g/mol. The van der Waals surface area contributed by atoms with Crippen molar-refractivity contribution in [1.29, 1.82) is 0 Å². The zero-order valence-corrected chi connectivity index (χ0v) is 12.4. The van der Waals surface area contributed by atoms with Gasteiger partial charge in [0.2, 0.25) is 0 Å². The Hall–Kier alpha value is -2.43. The Morgan fingerprint density at radius 2 is 2.00 bits per heavy atom. The van der Waals surface area contributed by atoms with Crippen LogP contribution in [-0.2, 0) is 6.42 Å². The second kappa shape index (κ2) is 7.38. The fraction of sp³-hybridized carbons (Fsp3) is 0.312. The molecule has 0 aliphatic heterocycles. The highest BCUT2D eigenvalue weighted by atomic mass is 16.1. The molecule has 110 valence electrons. The van der Waals surface area contributed by atoms with Crippen LogP contribution in [0.3, 0.4) is 0 Å². The molecule has 0 aliphatic carbocycles. The first-order valence-corrected chi connectivity index (χ1v) is 7.19. The summed E-state index contributed by atoms with van der Waals surface area (Å²) in [5, 5.41) is 6.01. The highest BCUT2D eigenvalue weighted by Gasteiger charge is 2.10. The van der Waals surface area contributed by atoms with E-state index in [1.807, 2.05) is 24.3 Å². The van der Waals surface area contributed by atoms with E-state index < -0.39 is 0 Å². The van der Waals surface area contributed by atoms with Crippen LogP contribution in [0.4, 0.5) is 11.5 Å². The van der Waals surface area contributed by atoms with Crippen molar-refractivity contribution in [2.45, 2.75) is 26.7 Å². The summed E-state index contributed by atoms with van der Waals surface area (Å²) in [6.07, 6.45) is 4.94. The topological polar surface area (TPSA) is 66.9 Å². The zero-order chi connectivity index (χ0) is 15.1. The summed E-state index contributed by atoms with van der Waals surface area (Å²) < 4.78 is 0. The molecule has 0 saturated carbocycles. The molecule has 5 heteroatoms. The van der Waals surface area contributed by atoms with Crippen LogP contribution < -0.4 is 10.6 Å². The highest BCUT2D eigenvalue weighted by Crippen LogP contribution is 2.16. The summed E-state index contributed by atoms with van der Waals surface area (Å²) in [5.41, 5.74) is 2.22. The number of aromatic nitrogens is 2. The molecule has 1 amide bonds. The van der Waals surface area contributed by atoms with Gasteiger partial charge in [-0.2, -0.15) is 0 Å². The molecule has 1 heterocycles. The van der Waals surface area contributed by atoms with E-state index in [4.69, 9.17) is 0 Å². The number of carbonyl (C=O) groups excluding carboxylic acids is 1. The van der Waals surface area contributed by atoms with Crippen molar-refractivity contribution < 1.29 is 4.79 Å². The summed E-state index contributed by atoms with van der Waals surface area (Å²) in [5.74, 6) is 0.372. The summed E-state index contributed by atoms with van der Waals surface area (Å²) in [6.45, 7) is 4.93. The monoisotopic (exact) mass is 284 g/mol. The van der Waals surface area contributed by atoms with Gasteiger partial charge in [-0.3, -0.25) is 9.78 Å². The summed E-state index contributed by atoms with van der Waals surface area (Å²) in [4.78, 5) is 20.6. The average molecular weight is 284 g/mol. The lowest BCUT2D eigenvalue weighted by molar-refractivity contribution is 0.102. The standard InChI is InChI=1S/C16H20N4O/c1-3-9-18-15-11-17-10-14(19-15)16(21)20-13-8-6-5-7-12(13)4-2/h5-8,10-11H,3-4,9H2,1-2H3,(H,18,19)(H,20,21). The van der Waals surface area contributed by atoms with Gasteiger partial charge in [0.05, 0.1) is 12.4 Å². The fourth-order valence-corrected chi connectivity index (χ4v) is 1.95. The number of rotatable bonds is 6. The van der Waals surface area contributed by atoms with Crippen molar-refractivity contribution in [3.05, 3.63) is 47.9 Å². The lowest BCUT2D eigenvalue weighted by Crippen LogP contribution is -2.16. The maximum Gasteiger partial charge on any atom is 0.275 e. The Kier molecular flexibility index (Phi) is 5.26. The molecule has 0 atom stereocenters. The number of anilines is 2. The van der Waals surface area contributed by atoms with Gasteiger partial charge in [0, 0.05) is 12.2 Å². The van der Waals surface area contributed by atoms with E-state index in [0.29, 0.717) is 11.5 Å². The van der Waals surface area contributed by atoms with E-state index in [2.05, 4.69) is 34.4 Å². The minimum atomic E-state index is -0.247. The van der Waals surface area contributed by atoms with Crippen LogP contribution >= 0.6 is 0 Å². The Morgan fingerprint density at radius 3 is 2.76 bits per heavy atom. The molecule has 21 heavy (non-hydrogen) atoms. The number of amides is 1. The maximum absolute atomic E-state index is 12.3. The Morgan fingerprint density at radius 1 is 1.19 bits per heavy atom. The molecule has 2 aromatic rings. The van der Waals surface area contributed by atoms with Crippen molar-refractivity contribution >= 4 is 17.4 Å². The third-order valence-corrected chi connectivity index (χ3v) is 3.07. The number of aryl methyl sites for hydroxylation is 1. The van der Waals surface area contributed by atoms with Gasteiger partial charge in [-0.15, -0.1) is 0 Å². The number of hydrogen-bond donors (Lipinski definition) is 2. The number of benzene rings is 1. The van der Waals surface area contributed by atoms with Gasteiger partial charge in [-0.1, -0.05) is 32.0 Å². The molecule has 0 aliphatic rings. The van der Waals surface area contributed by atoms with Gasteiger partial charge in [-0.25, -0.2) is 4.98 Å². The van der Waals surface area contributed by atoms with Crippen LogP contribution in [-0.4, -0.2) is 22.4 Å². The number of para-hydroxylation sites is 1. The molecule has 0 spiro atoms. The van der Waals surface area contributed by atoms with Gasteiger partial charge < -0.3 is 10.6 Å². The van der Waals surface area contributed by atoms with Gasteiger partial charge in [-0.05, 0) is 24.5 Å². The maximum atomic E-state index is 12.3. The Bertz CT molecular complexity index is 613. The van der Waals surface area contributed by atoms with Crippen LogP contribution in [0.2, 0.25) is 0 Å². The third-order valence-electron chi connectivity index (χ3n) is 3.07. The Labute approximate surface area is 124 Å². The minimum absolute atomic E-state index is 0.247. The smallest absolute Gasteiger partial charge is 0.275 e. The lowest BCUT2D eigenvalue weighted by Gasteiger charge is -2.10. The third kappa shape index (κ3) is 4.02. The highest BCUT2D eigenvalue weighted by molar-refractivity contribution is 6.03. The summed E-state index contributed by atoms with van der Waals surface area (Å²) >= 11 is 0. The first-order valence-electron chi connectivity index (χ1n) is 7.19. The quantitative estimate of drug-likeness (QED) is 0.855. The average Bonchev–Trinajstić information content (AvgIpc) is 2.53. The first kappa shape index (κ1) is 15.0. The van der Waals surface area contributed by atoms with E-state index in [-0.39, 0.29) is 5.91 Å². The Balaban J connectivity index is 2.13. The molecule has 0 bridgehead atoms. The van der Waals surface area contributed by atoms with Crippen molar-refractivity contribution in [2.24, 2.45) is 0 Å². The van der Waals surface area contributed by atoms with Crippen molar-refractivity contribution in [1.82, 2.24) is 9.97 Å². The molecular formula is C16H20N4O. The van der Waals surface area contributed by atoms with E-state index in [1.54, 1.807) is 6.20 Å². The zero-order valence-electron chi connectivity index (χ0n) is 12.4. The predicted molar refractivity (Wildman–Crippen MR) is 84.6 cm³/mol. The molecule has 0 radical (unpaired) electrons. The number of nitrogens with zero attached hydrogens (tertiary/aromatic N) is 2. The van der Waals surface area contributed by atoms with Gasteiger partial charge in [0.25, 0.3) is 5.91 Å². The number of nitrogens with one attached hydrogen (secondary N) is 2. The normalized spacial score (nSPS) is 10.2. The SMILES string of the molecule is CCCNc1cncc(C(=O)Nc2ccccc2CC)n1. The van der Waals surface area contributed by atoms with E-state index in [9.17, 15) is 4.79 Å². The summed E-state index contributed by atoms with van der Waals surface area (Å²) in [6, 6.07) is 7.76. The lowest BCUT2D eigenvalue weighted by atomic mass is 10.1. The van der Waals surface area contributed by atoms with E-state index in [1.165, 1.54) is 6.20 Å². The minimum Gasteiger partial charge on any atom is -0.369 e. The van der Waals surface area contributed by atoms with E-state index in [0.717, 1.165) is 30.6 Å². The first-order chi connectivity index (χ1) is 10.2. The molecule has 0 saturated heterocycles. The predicted octanol–water partition coefficient (Wildman–Crippen LogP) is 3.11.